The predicted molar refractivity (Wildman–Crippen MR) is 108 cm³/mol. The van der Waals surface area contributed by atoms with E-state index in [-0.39, 0.29) is 16.5 Å². The van der Waals surface area contributed by atoms with Gasteiger partial charge in [-0.25, -0.2) is 22.5 Å². The van der Waals surface area contributed by atoms with Gasteiger partial charge in [0, 0.05) is 10.9 Å². The number of hydrogen-bond acceptors (Lipinski definition) is 5. The zero-order valence-electron chi connectivity index (χ0n) is 15.9. The summed E-state index contributed by atoms with van der Waals surface area (Å²) in [5.74, 6) is -1.49. The molecule has 0 unspecified atom stereocenters. The lowest BCUT2D eigenvalue weighted by Crippen LogP contribution is -2.30. The number of rotatable bonds is 5. The largest absolute Gasteiger partial charge is 0.298 e. The van der Waals surface area contributed by atoms with E-state index in [1.54, 1.807) is 13.8 Å². The summed E-state index contributed by atoms with van der Waals surface area (Å²) >= 11 is 1.41. The van der Waals surface area contributed by atoms with E-state index >= 15 is 0 Å². The van der Waals surface area contributed by atoms with Gasteiger partial charge in [0.05, 0.1) is 16.2 Å². The van der Waals surface area contributed by atoms with Crippen LogP contribution in [0.2, 0.25) is 0 Å². The molecule has 0 radical (unpaired) electrons. The summed E-state index contributed by atoms with van der Waals surface area (Å²) in [6.07, 6.45) is 6.35. The van der Waals surface area contributed by atoms with Gasteiger partial charge in [-0.3, -0.25) is 10.1 Å². The first kappa shape index (κ1) is 20.9. The highest BCUT2D eigenvalue weighted by Gasteiger charge is 2.21. The standard InChI is InChI=1S/C19H24FN3O3S2/c1-12(2)23-28(25,26)13-9-10-15(20)14(11-13)18(24)22-19-21-16-7-5-3-4-6-8-17(16)27-19/h9-12,23H,3-8H2,1-2H3,(H,21,22,24). The molecule has 6 nitrogen and oxygen atoms in total. The second-order valence-electron chi connectivity index (χ2n) is 7.17. The number of anilines is 1. The molecule has 0 fully saturated rings. The molecule has 0 spiro atoms. The molecule has 3 rings (SSSR count). The average Bonchev–Trinajstić information content (AvgIpc) is 2.94. The van der Waals surface area contributed by atoms with Crippen molar-refractivity contribution in [3.05, 3.63) is 40.2 Å². The van der Waals surface area contributed by atoms with Crippen LogP contribution in [-0.2, 0) is 22.9 Å². The van der Waals surface area contributed by atoms with Crippen molar-refractivity contribution in [2.24, 2.45) is 0 Å². The van der Waals surface area contributed by atoms with Crippen LogP contribution in [0.5, 0.6) is 0 Å². The van der Waals surface area contributed by atoms with Crippen molar-refractivity contribution in [3.8, 4) is 0 Å². The molecule has 9 heteroatoms. The summed E-state index contributed by atoms with van der Waals surface area (Å²) < 4.78 is 41.3. The molecule has 0 bridgehead atoms. The minimum atomic E-state index is -3.83. The Morgan fingerprint density at radius 1 is 1.18 bits per heavy atom. The van der Waals surface area contributed by atoms with Gasteiger partial charge in [-0.05, 0) is 57.7 Å². The Balaban J connectivity index is 1.83. The van der Waals surface area contributed by atoms with E-state index < -0.39 is 21.7 Å². The van der Waals surface area contributed by atoms with E-state index in [0.29, 0.717) is 5.13 Å². The zero-order valence-corrected chi connectivity index (χ0v) is 17.6. The Bertz CT molecular complexity index is 945. The summed E-state index contributed by atoms with van der Waals surface area (Å²) in [5.41, 5.74) is 0.673. The fourth-order valence-corrected chi connectivity index (χ4v) is 5.47. The van der Waals surface area contributed by atoms with Crippen LogP contribution in [-0.4, -0.2) is 25.4 Å². The lowest BCUT2D eigenvalue weighted by Gasteiger charge is -2.11. The second-order valence-corrected chi connectivity index (χ2v) is 9.97. The molecule has 1 aromatic carbocycles. The summed E-state index contributed by atoms with van der Waals surface area (Å²) in [6.45, 7) is 3.37. The predicted octanol–water partition coefficient (Wildman–Crippen LogP) is 3.88. The molecule has 1 amide bonds. The van der Waals surface area contributed by atoms with Crippen LogP contribution < -0.4 is 10.0 Å². The maximum absolute atomic E-state index is 14.2. The molecular formula is C19H24FN3O3S2. The van der Waals surface area contributed by atoms with Crippen molar-refractivity contribution in [1.29, 1.82) is 0 Å². The molecule has 0 saturated carbocycles. The van der Waals surface area contributed by atoms with Gasteiger partial charge >= 0.3 is 0 Å². The quantitative estimate of drug-likeness (QED) is 0.761. The van der Waals surface area contributed by atoms with E-state index in [0.717, 1.165) is 54.5 Å². The maximum atomic E-state index is 14.2. The Labute approximate surface area is 168 Å². The number of benzene rings is 1. The molecule has 1 aromatic heterocycles. The van der Waals surface area contributed by atoms with Crippen molar-refractivity contribution in [1.82, 2.24) is 9.71 Å². The Kier molecular flexibility index (Phi) is 6.47. The van der Waals surface area contributed by atoms with Crippen molar-refractivity contribution in [3.63, 3.8) is 0 Å². The lowest BCUT2D eigenvalue weighted by atomic mass is 10.0. The van der Waals surface area contributed by atoms with Gasteiger partial charge in [-0.15, -0.1) is 11.3 Å². The average molecular weight is 426 g/mol. The number of halogens is 1. The molecule has 2 aromatic rings. The van der Waals surface area contributed by atoms with Gasteiger partial charge < -0.3 is 0 Å². The highest BCUT2D eigenvalue weighted by Crippen LogP contribution is 2.29. The smallest absolute Gasteiger partial charge is 0.260 e. The van der Waals surface area contributed by atoms with Crippen molar-refractivity contribution < 1.29 is 17.6 Å². The first-order valence-electron chi connectivity index (χ1n) is 9.38. The molecule has 1 heterocycles. The van der Waals surface area contributed by atoms with Gasteiger partial charge in [-0.1, -0.05) is 12.8 Å². The van der Waals surface area contributed by atoms with E-state index in [9.17, 15) is 17.6 Å². The fraction of sp³-hybridized carbons (Fsp3) is 0.474. The minimum Gasteiger partial charge on any atom is -0.298 e. The highest BCUT2D eigenvalue weighted by atomic mass is 32.2. The molecule has 0 atom stereocenters. The molecule has 0 saturated heterocycles. The number of amides is 1. The van der Waals surface area contributed by atoms with Crippen LogP contribution in [0.4, 0.5) is 9.52 Å². The van der Waals surface area contributed by atoms with Crippen LogP contribution in [0.25, 0.3) is 0 Å². The Hall–Kier alpha value is -1.84. The number of nitrogens with one attached hydrogen (secondary N) is 2. The molecule has 1 aliphatic carbocycles. The summed E-state index contributed by atoms with van der Waals surface area (Å²) in [5, 5.41) is 3.05. The minimum absolute atomic E-state index is 0.154. The molecule has 2 N–H and O–H groups in total. The number of aromatic nitrogens is 1. The third-order valence-corrected chi connectivity index (χ3v) is 7.18. The van der Waals surface area contributed by atoms with Gasteiger partial charge in [0.15, 0.2) is 5.13 Å². The Morgan fingerprint density at radius 3 is 2.61 bits per heavy atom. The summed E-state index contributed by atoms with van der Waals surface area (Å²) in [4.78, 5) is 18.1. The highest BCUT2D eigenvalue weighted by molar-refractivity contribution is 7.89. The normalized spacial score (nSPS) is 15.0. The van der Waals surface area contributed by atoms with Crippen LogP contribution in [0.1, 0.15) is 60.5 Å². The molecule has 28 heavy (non-hydrogen) atoms. The van der Waals surface area contributed by atoms with E-state index in [1.165, 1.54) is 24.2 Å². The van der Waals surface area contributed by atoms with E-state index in [1.807, 2.05) is 0 Å². The number of nitrogens with zero attached hydrogens (tertiary/aromatic N) is 1. The first-order chi connectivity index (χ1) is 13.3. The number of carbonyl (C=O) groups excluding carboxylic acids is 1. The SMILES string of the molecule is CC(C)NS(=O)(=O)c1ccc(F)c(C(=O)Nc2nc3c(s2)CCCCCC3)c1. The number of carbonyl (C=O) groups is 1. The number of sulfonamides is 1. The third-order valence-electron chi connectivity index (χ3n) is 4.45. The third kappa shape index (κ3) is 4.95. The monoisotopic (exact) mass is 425 g/mol. The maximum Gasteiger partial charge on any atom is 0.260 e. The zero-order chi connectivity index (χ0) is 20.3. The fourth-order valence-electron chi connectivity index (χ4n) is 3.15. The Morgan fingerprint density at radius 2 is 1.89 bits per heavy atom. The topological polar surface area (TPSA) is 88.2 Å². The van der Waals surface area contributed by atoms with Crippen molar-refractivity contribution in [2.75, 3.05) is 5.32 Å². The molecular weight excluding hydrogens is 401 g/mol. The number of aryl methyl sites for hydroxylation is 2. The van der Waals surface area contributed by atoms with Crippen molar-refractivity contribution >= 4 is 32.4 Å². The van der Waals surface area contributed by atoms with Gasteiger partial charge in [0.1, 0.15) is 5.82 Å². The number of hydrogen-bond donors (Lipinski definition) is 2. The van der Waals surface area contributed by atoms with Crippen molar-refractivity contribution in [2.45, 2.75) is 63.3 Å². The van der Waals surface area contributed by atoms with E-state index in [2.05, 4.69) is 15.0 Å². The summed E-state index contributed by atoms with van der Waals surface area (Å²) in [6, 6.07) is 2.87. The summed E-state index contributed by atoms with van der Waals surface area (Å²) in [7, 11) is -3.83. The van der Waals surface area contributed by atoms with Crippen LogP contribution in [0.3, 0.4) is 0 Å². The lowest BCUT2D eigenvalue weighted by molar-refractivity contribution is 0.102. The van der Waals surface area contributed by atoms with Crippen LogP contribution in [0.15, 0.2) is 23.1 Å². The second kappa shape index (κ2) is 8.67. The number of fused-ring (bicyclic) bond motifs is 1. The molecule has 1 aliphatic rings. The van der Waals surface area contributed by atoms with Gasteiger partial charge in [0.25, 0.3) is 5.91 Å². The van der Waals surface area contributed by atoms with Crippen LogP contribution >= 0.6 is 11.3 Å². The first-order valence-corrected chi connectivity index (χ1v) is 11.7. The molecule has 152 valence electrons. The van der Waals surface area contributed by atoms with Crippen LogP contribution in [0, 0.1) is 5.82 Å². The van der Waals surface area contributed by atoms with Gasteiger partial charge in [-0.2, -0.15) is 0 Å². The molecule has 0 aliphatic heterocycles. The number of thiazole rings is 1. The van der Waals surface area contributed by atoms with E-state index in [4.69, 9.17) is 0 Å². The van der Waals surface area contributed by atoms with Gasteiger partial charge in [0.2, 0.25) is 10.0 Å².